The molecular formula is C21H23FN2O2S. The predicted octanol–water partition coefficient (Wildman–Crippen LogP) is 3.58. The second kappa shape index (κ2) is 7.80. The van der Waals surface area contributed by atoms with Crippen molar-refractivity contribution in [1.82, 2.24) is 9.80 Å². The summed E-state index contributed by atoms with van der Waals surface area (Å²) in [7, 11) is 0. The lowest BCUT2D eigenvalue weighted by molar-refractivity contribution is -0.137. The average Bonchev–Trinajstić information content (AvgIpc) is 3.20. The van der Waals surface area contributed by atoms with Gasteiger partial charge in [0.15, 0.2) is 0 Å². The van der Waals surface area contributed by atoms with E-state index in [0.29, 0.717) is 19.5 Å². The molecule has 0 N–H and O–H groups in total. The number of thiophene rings is 1. The molecule has 2 amide bonds. The first-order chi connectivity index (χ1) is 13.1. The van der Waals surface area contributed by atoms with Crippen molar-refractivity contribution < 1.29 is 14.0 Å². The lowest BCUT2D eigenvalue weighted by Gasteiger charge is -2.47. The summed E-state index contributed by atoms with van der Waals surface area (Å²) in [4.78, 5) is 29.3. The monoisotopic (exact) mass is 386 g/mol. The van der Waals surface area contributed by atoms with E-state index >= 15 is 0 Å². The number of likely N-dealkylation sites (tertiary alicyclic amines) is 2. The number of rotatable bonds is 3. The standard InChI is InChI=1S/C21H23FN2O2S/c22-18-6-2-1-5-17(18)21(26)23-10-7-19-16(13-23)4-3-9-24(19)20(25)12-15-8-11-27-14-15/h1-2,5-6,8,11,14,16,19H,3-4,7,9-10,12-13H2/t16-,19+/m1/s1. The number of nitrogens with zero attached hydrogens (tertiary/aromatic N) is 2. The van der Waals surface area contributed by atoms with Gasteiger partial charge in [-0.05, 0) is 59.7 Å². The van der Waals surface area contributed by atoms with Crippen LogP contribution in [-0.2, 0) is 11.2 Å². The second-order valence-corrected chi connectivity index (χ2v) is 8.16. The maximum atomic E-state index is 14.0. The van der Waals surface area contributed by atoms with Gasteiger partial charge in [0, 0.05) is 25.7 Å². The summed E-state index contributed by atoms with van der Waals surface area (Å²) >= 11 is 1.61. The molecule has 142 valence electrons. The molecule has 2 aliphatic rings. The van der Waals surface area contributed by atoms with E-state index in [1.807, 2.05) is 21.7 Å². The van der Waals surface area contributed by atoms with Crippen LogP contribution in [0.1, 0.15) is 35.2 Å². The smallest absolute Gasteiger partial charge is 0.256 e. The Morgan fingerprint density at radius 3 is 2.78 bits per heavy atom. The topological polar surface area (TPSA) is 40.6 Å². The van der Waals surface area contributed by atoms with Crippen molar-refractivity contribution in [3.8, 4) is 0 Å². The minimum Gasteiger partial charge on any atom is -0.339 e. The fourth-order valence-corrected chi connectivity index (χ4v) is 5.04. The quantitative estimate of drug-likeness (QED) is 0.809. The van der Waals surface area contributed by atoms with Gasteiger partial charge in [-0.25, -0.2) is 4.39 Å². The van der Waals surface area contributed by atoms with Gasteiger partial charge >= 0.3 is 0 Å². The molecule has 0 saturated carbocycles. The lowest BCUT2D eigenvalue weighted by Crippen LogP contribution is -2.57. The van der Waals surface area contributed by atoms with E-state index in [2.05, 4.69) is 0 Å². The summed E-state index contributed by atoms with van der Waals surface area (Å²) < 4.78 is 14.0. The van der Waals surface area contributed by atoms with E-state index in [4.69, 9.17) is 0 Å². The number of fused-ring (bicyclic) bond motifs is 1. The summed E-state index contributed by atoms with van der Waals surface area (Å²) in [5, 5.41) is 4.02. The van der Waals surface area contributed by atoms with E-state index in [1.165, 1.54) is 6.07 Å². The highest BCUT2D eigenvalue weighted by atomic mass is 32.1. The molecule has 3 heterocycles. The van der Waals surface area contributed by atoms with Crippen LogP contribution >= 0.6 is 11.3 Å². The van der Waals surface area contributed by atoms with Gasteiger partial charge in [0.1, 0.15) is 5.82 Å². The molecule has 2 aromatic rings. The van der Waals surface area contributed by atoms with Crippen molar-refractivity contribution in [2.75, 3.05) is 19.6 Å². The normalized spacial score (nSPS) is 22.4. The molecule has 6 heteroatoms. The Morgan fingerprint density at radius 2 is 2.00 bits per heavy atom. The molecular weight excluding hydrogens is 363 g/mol. The van der Waals surface area contributed by atoms with Crippen molar-refractivity contribution in [2.45, 2.75) is 31.7 Å². The molecule has 0 aliphatic carbocycles. The van der Waals surface area contributed by atoms with Crippen LogP contribution in [0.2, 0.25) is 0 Å². The molecule has 1 aromatic carbocycles. The third-order valence-electron chi connectivity index (χ3n) is 5.72. The molecule has 27 heavy (non-hydrogen) atoms. The lowest BCUT2D eigenvalue weighted by atomic mass is 9.83. The van der Waals surface area contributed by atoms with Crippen LogP contribution in [0, 0.1) is 11.7 Å². The number of hydrogen-bond acceptors (Lipinski definition) is 3. The molecule has 2 atom stereocenters. The molecule has 2 fully saturated rings. The van der Waals surface area contributed by atoms with E-state index in [9.17, 15) is 14.0 Å². The molecule has 0 spiro atoms. The number of hydrogen-bond donors (Lipinski definition) is 0. The fourth-order valence-electron chi connectivity index (χ4n) is 4.37. The maximum absolute atomic E-state index is 14.0. The Balaban J connectivity index is 1.44. The van der Waals surface area contributed by atoms with Gasteiger partial charge in [-0.15, -0.1) is 0 Å². The summed E-state index contributed by atoms with van der Waals surface area (Å²) in [6.45, 7) is 1.96. The van der Waals surface area contributed by atoms with Gasteiger partial charge < -0.3 is 9.80 Å². The van der Waals surface area contributed by atoms with Crippen LogP contribution < -0.4 is 0 Å². The second-order valence-electron chi connectivity index (χ2n) is 7.38. The van der Waals surface area contributed by atoms with Crippen molar-refractivity contribution in [3.63, 3.8) is 0 Å². The van der Waals surface area contributed by atoms with Crippen LogP contribution in [0.25, 0.3) is 0 Å². The zero-order chi connectivity index (χ0) is 18.8. The van der Waals surface area contributed by atoms with Crippen LogP contribution in [-0.4, -0.2) is 47.3 Å². The minimum atomic E-state index is -0.471. The van der Waals surface area contributed by atoms with Crippen molar-refractivity contribution >= 4 is 23.2 Å². The zero-order valence-corrected chi connectivity index (χ0v) is 16.0. The van der Waals surface area contributed by atoms with E-state index in [0.717, 1.165) is 31.4 Å². The number of halogens is 1. The fraction of sp³-hybridized carbons (Fsp3) is 0.429. The zero-order valence-electron chi connectivity index (χ0n) is 15.1. The van der Waals surface area contributed by atoms with E-state index in [-0.39, 0.29) is 29.3 Å². The summed E-state index contributed by atoms with van der Waals surface area (Å²) in [5.74, 6) is -0.263. The van der Waals surface area contributed by atoms with Gasteiger partial charge in [-0.1, -0.05) is 12.1 Å². The van der Waals surface area contributed by atoms with Gasteiger partial charge in [-0.3, -0.25) is 9.59 Å². The summed E-state index contributed by atoms with van der Waals surface area (Å²) in [6, 6.07) is 8.34. The number of piperidine rings is 2. The number of carbonyl (C=O) groups excluding carboxylic acids is 2. The van der Waals surface area contributed by atoms with Gasteiger partial charge in [0.2, 0.25) is 5.91 Å². The Morgan fingerprint density at radius 1 is 1.15 bits per heavy atom. The highest BCUT2D eigenvalue weighted by Crippen LogP contribution is 2.32. The number of amides is 2. The Kier molecular flexibility index (Phi) is 5.25. The number of carbonyl (C=O) groups is 2. The van der Waals surface area contributed by atoms with Crippen LogP contribution in [0.15, 0.2) is 41.1 Å². The first-order valence-electron chi connectivity index (χ1n) is 9.48. The average molecular weight is 386 g/mol. The largest absolute Gasteiger partial charge is 0.339 e. The van der Waals surface area contributed by atoms with Crippen molar-refractivity contribution in [1.29, 1.82) is 0 Å². The molecule has 2 saturated heterocycles. The molecule has 4 rings (SSSR count). The van der Waals surface area contributed by atoms with Crippen LogP contribution in [0.5, 0.6) is 0 Å². The van der Waals surface area contributed by atoms with Gasteiger partial charge in [0.05, 0.1) is 12.0 Å². The maximum Gasteiger partial charge on any atom is 0.256 e. The Hall–Kier alpha value is -2.21. The predicted molar refractivity (Wildman–Crippen MR) is 103 cm³/mol. The third kappa shape index (κ3) is 3.76. The minimum absolute atomic E-state index is 0.136. The van der Waals surface area contributed by atoms with Gasteiger partial charge in [0.25, 0.3) is 5.91 Å². The molecule has 0 radical (unpaired) electrons. The first kappa shape index (κ1) is 18.2. The summed E-state index contributed by atoms with van der Waals surface area (Å²) in [5.41, 5.74) is 1.21. The molecule has 4 nitrogen and oxygen atoms in total. The van der Waals surface area contributed by atoms with Crippen LogP contribution in [0.4, 0.5) is 4.39 Å². The SMILES string of the molecule is O=C(c1ccccc1F)N1CC[C@H]2[C@H](CCCN2C(=O)Cc2ccsc2)C1. The van der Waals surface area contributed by atoms with E-state index in [1.54, 1.807) is 34.4 Å². The van der Waals surface area contributed by atoms with Crippen molar-refractivity contribution in [2.24, 2.45) is 5.92 Å². The highest BCUT2D eigenvalue weighted by molar-refractivity contribution is 7.08. The molecule has 2 aliphatic heterocycles. The first-order valence-corrected chi connectivity index (χ1v) is 10.4. The Labute approximate surface area is 162 Å². The van der Waals surface area contributed by atoms with Gasteiger partial charge in [-0.2, -0.15) is 11.3 Å². The molecule has 1 aromatic heterocycles. The molecule has 0 unspecified atom stereocenters. The Bertz CT molecular complexity index is 823. The van der Waals surface area contributed by atoms with Crippen LogP contribution in [0.3, 0.4) is 0 Å². The molecule has 0 bridgehead atoms. The third-order valence-corrected chi connectivity index (χ3v) is 6.45. The van der Waals surface area contributed by atoms with Crippen molar-refractivity contribution in [3.05, 3.63) is 58.0 Å². The summed E-state index contributed by atoms with van der Waals surface area (Å²) in [6.07, 6.45) is 3.18. The number of benzene rings is 1. The van der Waals surface area contributed by atoms with E-state index < -0.39 is 5.82 Å². The highest BCUT2D eigenvalue weighted by Gasteiger charge is 2.39.